The predicted molar refractivity (Wildman–Crippen MR) is 97.6 cm³/mol. The van der Waals surface area contributed by atoms with Crippen molar-refractivity contribution in [3.63, 3.8) is 0 Å². The summed E-state index contributed by atoms with van der Waals surface area (Å²) in [5.74, 6) is 0.991. The lowest BCUT2D eigenvalue weighted by Gasteiger charge is -2.28. The zero-order valence-electron chi connectivity index (χ0n) is 14.5. The average Bonchev–Trinajstić information content (AvgIpc) is 3.09. The third-order valence-electron chi connectivity index (χ3n) is 5.21. The topological polar surface area (TPSA) is 87.6 Å². The Hall–Kier alpha value is -2.54. The number of pyridine rings is 1. The number of nitrogens with two attached hydrogens (primary N) is 1. The van der Waals surface area contributed by atoms with Crippen LogP contribution in [0.2, 0.25) is 0 Å². The second-order valence-electron chi connectivity index (χ2n) is 6.87. The summed E-state index contributed by atoms with van der Waals surface area (Å²) in [4.78, 5) is 20.7. The number of hydrogen-bond donors (Lipinski definition) is 2. The van der Waals surface area contributed by atoms with Crippen LogP contribution in [-0.2, 0) is 0 Å². The Morgan fingerprint density at radius 1 is 1.16 bits per heavy atom. The Bertz CT molecular complexity index is 795. The number of fused-ring (bicyclic) bond motifs is 2. The second kappa shape index (κ2) is 6.07. The van der Waals surface area contributed by atoms with Crippen molar-refractivity contribution in [2.45, 2.75) is 37.8 Å². The molecule has 1 fully saturated rings. The summed E-state index contributed by atoms with van der Waals surface area (Å²) >= 11 is 0. The van der Waals surface area contributed by atoms with Gasteiger partial charge in [0, 0.05) is 38.3 Å². The molecule has 2 aromatic heterocycles. The van der Waals surface area contributed by atoms with Gasteiger partial charge in [0.2, 0.25) is 5.76 Å². The number of aromatic nitrogens is 1. The number of rotatable bonds is 2. The molecular weight excluding hydrogens is 318 g/mol. The van der Waals surface area contributed by atoms with Crippen molar-refractivity contribution in [1.29, 1.82) is 0 Å². The third kappa shape index (κ3) is 2.74. The quantitative estimate of drug-likeness (QED) is 0.873. The molecule has 0 aromatic carbocycles. The highest BCUT2D eigenvalue weighted by atomic mass is 16.3. The molecule has 1 aliphatic heterocycles. The summed E-state index contributed by atoms with van der Waals surface area (Å²) < 4.78 is 5.40. The fourth-order valence-corrected chi connectivity index (χ4v) is 3.63. The molecule has 1 amide bonds. The lowest BCUT2D eigenvalue weighted by molar-refractivity contribution is 0.0968. The summed E-state index contributed by atoms with van der Waals surface area (Å²) in [6.07, 6.45) is 7.48. The maximum Gasteiger partial charge on any atom is 0.296 e. The first-order valence-electron chi connectivity index (χ1n) is 8.66. The van der Waals surface area contributed by atoms with Crippen molar-refractivity contribution in [3.05, 3.63) is 30.4 Å². The van der Waals surface area contributed by atoms with E-state index in [1.54, 1.807) is 24.4 Å². The monoisotopic (exact) mass is 341 g/mol. The van der Waals surface area contributed by atoms with Crippen LogP contribution in [0.3, 0.4) is 0 Å². The lowest BCUT2D eigenvalue weighted by atomic mass is 9.92. The number of amides is 1. The summed E-state index contributed by atoms with van der Waals surface area (Å²) in [7, 11) is 3.67. The highest BCUT2D eigenvalue weighted by Gasteiger charge is 2.30. The molecule has 0 bridgehead atoms. The molecule has 7 nitrogen and oxygen atoms in total. The predicted octanol–water partition coefficient (Wildman–Crippen LogP) is 2.71. The standard InChI is InChI=1S/C18H23N5O2/c1-22-13-7-8-25-17(13)18(24)23(2)15-10-20-16(9-14(15)22)21-12-5-3-11(19)4-6-12/h7-12H,3-6,19H2,1-2H3,(H,20,21)/t11-,12-. The number of nitrogens with one attached hydrogen (secondary N) is 1. The number of anilines is 4. The SMILES string of the molecule is CN1C(=O)c2occc2N(C)c2cc(N[C@H]3CC[C@H](N)CC3)ncc21. The van der Waals surface area contributed by atoms with Crippen molar-refractivity contribution in [1.82, 2.24) is 4.98 Å². The van der Waals surface area contributed by atoms with Gasteiger partial charge in [0.15, 0.2) is 0 Å². The van der Waals surface area contributed by atoms with Gasteiger partial charge in [0.05, 0.1) is 29.5 Å². The Kier molecular flexibility index (Phi) is 3.88. The van der Waals surface area contributed by atoms with E-state index in [0.29, 0.717) is 17.8 Å². The van der Waals surface area contributed by atoms with E-state index in [-0.39, 0.29) is 5.91 Å². The Morgan fingerprint density at radius 3 is 2.68 bits per heavy atom. The number of hydrogen-bond acceptors (Lipinski definition) is 6. The molecule has 2 aromatic rings. The molecule has 2 aliphatic rings. The molecule has 3 heterocycles. The van der Waals surface area contributed by atoms with Gasteiger partial charge in [-0.3, -0.25) is 4.79 Å². The molecular formula is C18H23N5O2. The van der Waals surface area contributed by atoms with Gasteiger partial charge in [-0.1, -0.05) is 0 Å². The molecule has 132 valence electrons. The second-order valence-corrected chi connectivity index (χ2v) is 6.87. The summed E-state index contributed by atoms with van der Waals surface area (Å²) in [5, 5.41) is 3.52. The number of nitrogens with zero attached hydrogens (tertiary/aromatic N) is 3. The molecule has 3 N–H and O–H groups in total. The maximum absolute atomic E-state index is 12.6. The van der Waals surface area contributed by atoms with Gasteiger partial charge in [-0.15, -0.1) is 0 Å². The van der Waals surface area contributed by atoms with E-state index in [0.717, 1.165) is 48.6 Å². The first kappa shape index (κ1) is 16.0. The summed E-state index contributed by atoms with van der Waals surface area (Å²) in [5.41, 5.74) is 8.42. The Labute approximate surface area is 146 Å². The summed E-state index contributed by atoms with van der Waals surface area (Å²) in [6, 6.07) is 4.52. The van der Waals surface area contributed by atoms with Crippen LogP contribution in [0.1, 0.15) is 36.2 Å². The molecule has 4 rings (SSSR count). The minimum absolute atomic E-state index is 0.172. The van der Waals surface area contributed by atoms with Gasteiger partial charge in [0.25, 0.3) is 5.91 Å². The molecule has 25 heavy (non-hydrogen) atoms. The molecule has 1 aliphatic carbocycles. The zero-order valence-corrected chi connectivity index (χ0v) is 14.5. The van der Waals surface area contributed by atoms with E-state index in [2.05, 4.69) is 10.3 Å². The van der Waals surface area contributed by atoms with Crippen LogP contribution in [-0.4, -0.2) is 37.1 Å². The molecule has 7 heteroatoms. The third-order valence-corrected chi connectivity index (χ3v) is 5.21. The molecule has 0 radical (unpaired) electrons. The van der Waals surface area contributed by atoms with Gasteiger partial charge < -0.3 is 25.3 Å². The lowest BCUT2D eigenvalue weighted by Crippen LogP contribution is -2.33. The van der Waals surface area contributed by atoms with Crippen molar-refractivity contribution in [3.8, 4) is 0 Å². The molecule has 0 atom stereocenters. The van der Waals surface area contributed by atoms with Crippen molar-refractivity contribution in [2.24, 2.45) is 5.73 Å². The minimum Gasteiger partial charge on any atom is -0.457 e. The fourth-order valence-electron chi connectivity index (χ4n) is 3.63. The minimum atomic E-state index is -0.172. The first-order valence-corrected chi connectivity index (χ1v) is 8.66. The van der Waals surface area contributed by atoms with E-state index in [1.165, 1.54) is 0 Å². The smallest absolute Gasteiger partial charge is 0.296 e. The van der Waals surface area contributed by atoms with Crippen LogP contribution >= 0.6 is 0 Å². The van der Waals surface area contributed by atoms with E-state index in [1.807, 2.05) is 24.1 Å². The Morgan fingerprint density at radius 2 is 1.92 bits per heavy atom. The van der Waals surface area contributed by atoms with Gasteiger partial charge in [-0.05, 0) is 25.7 Å². The van der Waals surface area contributed by atoms with Crippen LogP contribution in [0.25, 0.3) is 0 Å². The number of carbonyl (C=O) groups excluding carboxylic acids is 1. The number of furan rings is 1. The van der Waals surface area contributed by atoms with Crippen molar-refractivity contribution in [2.75, 3.05) is 29.2 Å². The largest absolute Gasteiger partial charge is 0.457 e. The summed E-state index contributed by atoms with van der Waals surface area (Å²) in [6.45, 7) is 0. The van der Waals surface area contributed by atoms with Gasteiger partial charge in [-0.2, -0.15) is 0 Å². The first-order chi connectivity index (χ1) is 12.0. The average molecular weight is 341 g/mol. The highest BCUT2D eigenvalue weighted by Crippen LogP contribution is 2.40. The van der Waals surface area contributed by atoms with Gasteiger partial charge in [0.1, 0.15) is 5.82 Å². The normalized spacial score (nSPS) is 23.1. The molecule has 0 unspecified atom stereocenters. The van der Waals surface area contributed by atoms with E-state index >= 15 is 0 Å². The molecule has 0 spiro atoms. The van der Waals surface area contributed by atoms with Crippen LogP contribution in [0.15, 0.2) is 29.0 Å². The number of carbonyl (C=O) groups is 1. The maximum atomic E-state index is 12.6. The van der Waals surface area contributed by atoms with Crippen LogP contribution in [0, 0.1) is 0 Å². The molecule has 0 saturated heterocycles. The van der Waals surface area contributed by atoms with E-state index in [9.17, 15) is 4.79 Å². The van der Waals surface area contributed by atoms with Gasteiger partial charge in [-0.25, -0.2) is 4.98 Å². The van der Waals surface area contributed by atoms with Crippen LogP contribution in [0.5, 0.6) is 0 Å². The van der Waals surface area contributed by atoms with Crippen LogP contribution in [0.4, 0.5) is 22.9 Å². The highest BCUT2D eigenvalue weighted by molar-refractivity contribution is 6.11. The fraction of sp³-hybridized carbons (Fsp3) is 0.444. The molecule has 1 saturated carbocycles. The van der Waals surface area contributed by atoms with E-state index in [4.69, 9.17) is 10.2 Å². The van der Waals surface area contributed by atoms with E-state index < -0.39 is 0 Å². The Balaban J connectivity index is 1.66. The van der Waals surface area contributed by atoms with Crippen LogP contribution < -0.4 is 20.9 Å². The van der Waals surface area contributed by atoms with Gasteiger partial charge >= 0.3 is 0 Å². The van der Waals surface area contributed by atoms with Crippen molar-refractivity contribution >= 4 is 28.8 Å². The zero-order chi connectivity index (χ0) is 17.6. The van der Waals surface area contributed by atoms with Crippen molar-refractivity contribution < 1.29 is 9.21 Å².